The highest BCUT2D eigenvalue weighted by molar-refractivity contribution is 7.09. The number of nitrogens with zero attached hydrogens (tertiary/aromatic N) is 2. The molecule has 2 aromatic rings. The standard InChI is InChI=1S/C15H18N4OS/c1-9(12-4-3-5-13(8-12)17-10(2)20)16-15-18-14(19-21-15)11-6-7-11/h3-5,8-9,11H,6-7H2,1-2H3,(H,17,20)(H,16,18,19). The second kappa shape index (κ2) is 5.81. The second-order valence-electron chi connectivity index (χ2n) is 5.40. The van der Waals surface area contributed by atoms with E-state index in [2.05, 4.69) is 26.9 Å². The van der Waals surface area contributed by atoms with E-state index in [1.807, 2.05) is 24.3 Å². The number of hydrogen-bond donors (Lipinski definition) is 2. The fourth-order valence-electron chi connectivity index (χ4n) is 2.16. The summed E-state index contributed by atoms with van der Waals surface area (Å²) in [6, 6.07) is 7.94. The lowest BCUT2D eigenvalue weighted by Gasteiger charge is -2.14. The summed E-state index contributed by atoms with van der Waals surface area (Å²) in [4.78, 5) is 15.6. The van der Waals surface area contributed by atoms with Crippen LogP contribution in [0.5, 0.6) is 0 Å². The van der Waals surface area contributed by atoms with Crippen molar-refractivity contribution in [2.45, 2.75) is 38.6 Å². The number of amides is 1. The van der Waals surface area contributed by atoms with Crippen LogP contribution < -0.4 is 10.6 Å². The number of benzene rings is 1. The van der Waals surface area contributed by atoms with Crippen LogP contribution in [0.15, 0.2) is 24.3 Å². The van der Waals surface area contributed by atoms with Gasteiger partial charge in [-0.2, -0.15) is 4.37 Å². The van der Waals surface area contributed by atoms with Crippen molar-refractivity contribution in [1.29, 1.82) is 0 Å². The molecule has 2 N–H and O–H groups in total. The van der Waals surface area contributed by atoms with Crippen LogP contribution in [-0.2, 0) is 4.79 Å². The van der Waals surface area contributed by atoms with E-state index in [0.717, 1.165) is 22.2 Å². The first-order chi connectivity index (χ1) is 10.1. The molecule has 1 heterocycles. The van der Waals surface area contributed by atoms with E-state index in [1.54, 1.807) is 0 Å². The molecule has 1 aromatic carbocycles. The molecule has 0 bridgehead atoms. The summed E-state index contributed by atoms with van der Waals surface area (Å²) in [5.41, 5.74) is 1.91. The lowest BCUT2D eigenvalue weighted by atomic mass is 10.1. The van der Waals surface area contributed by atoms with Crippen molar-refractivity contribution in [2.75, 3.05) is 10.6 Å². The van der Waals surface area contributed by atoms with Crippen LogP contribution in [0.1, 0.15) is 50.0 Å². The Kier molecular flexibility index (Phi) is 3.88. The summed E-state index contributed by atoms with van der Waals surface area (Å²) < 4.78 is 4.39. The second-order valence-corrected chi connectivity index (χ2v) is 6.16. The predicted molar refractivity (Wildman–Crippen MR) is 84.7 cm³/mol. The van der Waals surface area contributed by atoms with E-state index in [1.165, 1.54) is 31.3 Å². The van der Waals surface area contributed by atoms with Crippen LogP contribution in [0.3, 0.4) is 0 Å². The van der Waals surface area contributed by atoms with E-state index in [0.29, 0.717) is 5.92 Å². The van der Waals surface area contributed by atoms with Gasteiger partial charge in [-0.05, 0) is 37.5 Å². The van der Waals surface area contributed by atoms with Gasteiger partial charge in [-0.15, -0.1) is 0 Å². The SMILES string of the molecule is CC(=O)Nc1cccc(C(C)Nc2nc(C3CC3)ns2)c1. The van der Waals surface area contributed by atoms with Gasteiger partial charge >= 0.3 is 0 Å². The number of aromatic nitrogens is 2. The molecule has 1 saturated carbocycles. The van der Waals surface area contributed by atoms with Gasteiger partial charge in [0.15, 0.2) is 0 Å². The Balaban J connectivity index is 1.68. The monoisotopic (exact) mass is 302 g/mol. The molecule has 21 heavy (non-hydrogen) atoms. The number of hydrogen-bond acceptors (Lipinski definition) is 5. The first-order valence-electron chi connectivity index (χ1n) is 7.09. The lowest BCUT2D eigenvalue weighted by Crippen LogP contribution is -2.09. The Morgan fingerprint density at radius 1 is 1.43 bits per heavy atom. The van der Waals surface area contributed by atoms with Gasteiger partial charge in [0.25, 0.3) is 0 Å². The number of rotatable bonds is 5. The van der Waals surface area contributed by atoms with Crippen molar-refractivity contribution in [3.8, 4) is 0 Å². The van der Waals surface area contributed by atoms with Gasteiger partial charge in [-0.1, -0.05) is 12.1 Å². The third kappa shape index (κ3) is 3.58. The van der Waals surface area contributed by atoms with Gasteiger partial charge < -0.3 is 10.6 Å². The van der Waals surface area contributed by atoms with E-state index in [-0.39, 0.29) is 11.9 Å². The molecular weight excluding hydrogens is 284 g/mol. The number of nitrogens with one attached hydrogen (secondary N) is 2. The summed E-state index contributed by atoms with van der Waals surface area (Å²) in [6.07, 6.45) is 2.43. The first kappa shape index (κ1) is 14.0. The van der Waals surface area contributed by atoms with Crippen LogP contribution in [-0.4, -0.2) is 15.3 Å². The summed E-state index contributed by atoms with van der Waals surface area (Å²) in [6.45, 7) is 3.58. The Hall–Kier alpha value is -1.95. The van der Waals surface area contributed by atoms with E-state index in [9.17, 15) is 4.79 Å². The average molecular weight is 302 g/mol. The third-order valence-corrected chi connectivity index (χ3v) is 4.09. The molecule has 1 fully saturated rings. The summed E-state index contributed by atoms with van der Waals surface area (Å²) in [5, 5.41) is 7.03. The molecule has 0 spiro atoms. The van der Waals surface area contributed by atoms with Crippen LogP contribution in [0.2, 0.25) is 0 Å². The maximum Gasteiger partial charge on any atom is 0.221 e. The minimum atomic E-state index is -0.0639. The van der Waals surface area contributed by atoms with E-state index in [4.69, 9.17) is 0 Å². The highest BCUT2D eigenvalue weighted by Gasteiger charge is 2.27. The largest absolute Gasteiger partial charge is 0.354 e. The highest BCUT2D eigenvalue weighted by Crippen LogP contribution is 2.39. The molecule has 0 aliphatic heterocycles. The quantitative estimate of drug-likeness (QED) is 0.886. The predicted octanol–water partition coefficient (Wildman–Crippen LogP) is 3.55. The minimum Gasteiger partial charge on any atom is -0.354 e. The van der Waals surface area contributed by atoms with Crippen molar-refractivity contribution in [3.05, 3.63) is 35.7 Å². The number of anilines is 2. The van der Waals surface area contributed by atoms with E-state index < -0.39 is 0 Å². The first-order valence-corrected chi connectivity index (χ1v) is 7.87. The van der Waals surface area contributed by atoms with Gasteiger partial charge in [-0.25, -0.2) is 4.98 Å². The summed E-state index contributed by atoms with van der Waals surface area (Å²) >= 11 is 1.41. The lowest BCUT2D eigenvalue weighted by molar-refractivity contribution is -0.114. The van der Waals surface area contributed by atoms with Crippen LogP contribution in [0.4, 0.5) is 10.8 Å². The zero-order valence-electron chi connectivity index (χ0n) is 12.1. The van der Waals surface area contributed by atoms with Crippen LogP contribution >= 0.6 is 11.5 Å². The number of carbonyl (C=O) groups excluding carboxylic acids is 1. The molecule has 6 heteroatoms. The third-order valence-electron chi connectivity index (χ3n) is 3.43. The highest BCUT2D eigenvalue weighted by atomic mass is 32.1. The summed E-state index contributed by atoms with van der Waals surface area (Å²) in [5.74, 6) is 1.49. The van der Waals surface area contributed by atoms with E-state index >= 15 is 0 Å². The molecule has 5 nitrogen and oxygen atoms in total. The normalized spacial score (nSPS) is 15.5. The molecule has 0 radical (unpaired) electrons. The molecule has 1 unspecified atom stereocenters. The van der Waals surface area contributed by atoms with Crippen molar-refractivity contribution in [2.24, 2.45) is 0 Å². The van der Waals surface area contributed by atoms with Gasteiger partial charge in [-0.3, -0.25) is 4.79 Å². The smallest absolute Gasteiger partial charge is 0.221 e. The van der Waals surface area contributed by atoms with Crippen molar-refractivity contribution in [3.63, 3.8) is 0 Å². The van der Waals surface area contributed by atoms with Gasteiger partial charge in [0.05, 0.1) is 6.04 Å². The van der Waals surface area contributed by atoms with Crippen LogP contribution in [0, 0.1) is 0 Å². The average Bonchev–Trinajstić information content (AvgIpc) is 3.19. The number of carbonyl (C=O) groups is 1. The molecule has 110 valence electrons. The van der Waals surface area contributed by atoms with Crippen molar-refractivity contribution < 1.29 is 4.79 Å². The molecule has 1 aromatic heterocycles. The fraction of sp³-hybridized carbons (Fsp3) is 0.400. The topological polar surface area (TPSA) is 66.9 Å². The maximum absolute atomic E-state index is 11.1. The van der Waals surface area contributed by atoms with Crippen molar-refractivity contribution >= 4 is 28.3 Å². The Morgan fingerprint density at radius 3 is 2.95 bits per heavy atom. The zero-order chi connectivity index (χ0) is 14.8. The zero-order valence-corrected chi connectivity index (χ0v) is 12.9. The Bertz CT molecular complexity index is 651. The molecule has 1 aliphatic rings. The molecule has 1 atom stereocenters. The Morgan fingerprint density at radius 2 is 2.24 bits per heavy atom. The fourth-order valence-corrected chi connectivity index (χ4v) is 2.89. The van der Waals surface area contributed by atoms with Gasteiger partial charge in [0.2, 0.25) is 11.0 Å². The molecule has 1 amide bonds. The van der Waals surface area contributed by atoms with Crippen molar-refractivity contribution in [1.82, 2.24) is 9.36 Å². The van der Waals surface area contributed by atoms with Gasteiger partial charge in [0.1, 0.15) is 5.82 Å². The summed E-state index contributed by atoms with van der Waals surface area (Å²) in [7, 11) is 0. The Labute approximate surface area is 128 Å². The molecular formula is C15H18N4OS. The van der Waals surface area contributed by atoms with Gasteiger partial charge in [0, 0.05) is 30.1 Å². The molecule has 1 aliphatic carbocycles. The molecule has 0 saturated heterocycles. The minimum absolute atomic E-state index is 0.0639. The van der Waals surface area contributed by atoms with Crippen LogP contribution in [0.25, 0.3) is 0 Å². The maximum atomic E-state index is 11.1. The molecule has 3 rings (SSSR count).